The van der Waals surface area contributed by atoms with Gasteiger partial charge in [-0.2, -0.15) is 4.98 Å². The van der Waals surface area contributed by atoms with Crippen LogP contribution in [0.25, 0.3) is 22.2 Å². The van der Waals surface area contributed by atoms with Crippen molar-refractivity contribution in [3.63, 3.8) is 0 Å². The molecule has 6 nitrogen and oxygen atoms in total. The largest absolute Gasteiger partial charge is 0.295 e. The lowest BCUT2D eigenvalue weighted by molar-refractivity contribution is 0.271. The van der Waals surface area contributed by atoms with Gasteiger partial charge < -0.3 is 0 Å². The highest BCUT2D eigenvalue weighted by Crippen LogP contribution is 2.27. The highest BCUT2D eigenvalue weighted by Gasteiger charge is 2.15. The summed E-state index contributed by atoms with van der Waals surface area (Å²) >= 11 is 6.27. The van der Waals surface area contributed by atoms with Crippen molar-refractivity contribution in [3.8, 4) is 11.1 Å². The topological polar surface area (TPSA) is 63.1 Å². The van der Waals surface area contributed by atoms with Crippen LogP contribution < -0.4 is 11.0 Å². The Kier molecular flexibility index (Phi) is 4.61. The van der Waals surface area contributed by atoms with E-state index in [1.165, 1.54) is 19.3 Å². The summed E-state index contributed by atoms with van der Waals surface area (Å²) in [5.74, 6) is 0.514. The Balaban J connectivity index is 1.76. The van der Waals surface area contributed by atoms with E-state index >= 15 is 0 Å². The third kappa shape index (κ3) is 3.18. The third-order valence-electron chi connectivity index (χ3n) is 4.73. The average molecular weight is 370 g/mol. The maximum Gasteiger partial charge on any atom is 0.259 e. The standard InChI is InChI=1S/C19H20ClN5O/c1-24-17-13(11-15(18(24)26)14-7-3-4-8-16(14)20)12-21-19(22-17)23-25-9-5-2-6-10-25/h3-4,7-8,11-12H,2,5-6,9-10H2,1H3,(H,21,22,23). The molecule has 3 aromatic rings. The molecule has 134 valence electrons. The minimum Gasteiger partial charge on any atom is -0.295 e. The molecule has 0 amide bonds. The van der Waals surface area contributed by atoms with E-state index in [9.17, 15) is 4.79 Å². The van der Waals surface area contributed by atoms with Crippen LogP contribution in [-0.2, 0) is 7.05 Å². The molecule has 0 saturated carbocycles. The van der Waals surface area contributed by atoms with Crippen LogP contribution in [0, 0.1) is 0 Å². The van der Waals surface area contributed by atoms with Crippen molar-refractivity contribution in [1.82, 2.24) is 19.5 Å². The molecule has 1 saturated heterocycles. The molecular weight excluding hydrogens is 350 g/mol. The second-order valence-corrected chi connectivity index (χ2v) is 6.94. The fraction of sp³-hybridized carbons (Fsp3) is 0.316. The van der Waals surface area contributed by atoms with Gasteiger partial charge in [0, 0.05) is 47.9 Å². The zero-order valence-corrected chi connectivity index (χ0v) is 15.3. The van der Waals surface area contributed by atoms with Gasteiger partial charge in [-0.1, -0.05) is 36.2 Å². The van der Waals surface area contributed by atoms with Gasteiger partial charge in [0.05, 0.1) is 0 Å². The van der Waals surface area contributed by atoms with Gasteiger partial charge >= 0.3 is 0 Å². The van der Waals surface area contributed by atoms with Crippen molar-refractivity contribution in [3.05, 3.63) is 51.9 Å². The quantitative estimate of drug-likeness (QED) is 0.766. The van der Waals surface area contributed by atoms with Crippen LogP contribution >= 0.6 is 11.6 Å². The first-order chi connectivity index (χ1) is 12.6. The highest BCUT2D eigenvalue weighted by molar-refractivity contribution is 6.33. The molecule has 1 aromatic carbocycles. The average Bonchev–Trinajstić information content (AvgIpc) is 2.66. The van der Waals surface area contributed by atoms with E-state index in [2.05, 4.69) is 20.4 Å². The molecule has 2 aromatic heterocycles. The minimum absolute atomic E-state index is 0.131. The molecule has 1 aliphatic heterocycles. The Bertz CT molecular complexity index is 1010. The molecule has 26 heavy (non-hydrogen) atoms. The summed E-state index contributed by atoms with van der Waals surface area (Å²) in [5, 5.41) is 3.47. The number of fused-ring (bicyclic) bond motifs is 1. The van der Waals surface area contributed by atoms with Crippen molar-refractivity contribution in [1.29, 1.82) is 0 Å². The molecule has 0 radical (unpaired) electrons. The molecule has 4 rings (SSSR count). The number of aryl methyl sites for hydroxylation is 1. The number of aromatic nitrogens is 3. The van der Waals surface area contributed by atoms with Crippen molar-refractivity contribution >= 4 is 28.6 Å². The van der Waals surface area contributed by atoms with Gasteiger partial charge in [0.15, 0.2) is 0 Å². The summed E-state index contributed by atoms with van der Waals surface area (Å²) in [7, 11) is 1.72. The minimum atomic E-state index is -0.131. The number of hydrogen-bond donors (Lipinski definition) is 1. The van der Waals surface area contributed by atoms with E-state index in [0.29, 0.717) is 27.7 Å². The Hall–Kier alpha value is -2.44. The first-order valence-corrected chi connectivity index (χ1v) is 9.14. The number of piperidine rings is 1. The first-order valence-electron chi connectivity index (χ1n) is 8.77. The van der Waals surface area contributed by atoms with Crippen LogP contribution in [0.5, 0.6) is 0 Å². The summed E-state index contributed by atoms with van der Waals surface area (Å²) in [6, 6.07) is 9.15. The van der Waals surface area contributed by atoms with E-state index in [1.54, 1.807) is 23.9 Å². The number of rotatable bonds is 3. The highest BCUT2D eigenvalue weighted by atomic mass is 35.5. The molecule has 0 atom stereocenters. The molecular formula is C19H20ClN5O. The smallest absolute Gasteiger partial charge is 0.259 e. The van der Waals surface area contributed by atoms with Gasteiger partial charge in [0.25, 0.3) is 5.56 Å². The molecule has 0 spiro atoms. The predicted octanol–water partition coefficient (Wildman–Crippen LogP) is 3.46. The summed E-state index contributed by atoms with van der Waals surface area (Å²) in [5.41, 5.74) is 4.98. The maximum absolute atomic E-state index is 12.8. The second kappa shape index (κ2) is 7.05. The second-order valence-electron chi connectivity index (χ2n) is 6.53. The molecule has 1 fully saturated rings. The zero-order valence-electron chi connectivity index (χ0n) is 14.6. The Morgan fingerprint density at radius 3 is 2.65 bits per heavy atom. The van der Waals surface area contributed by atoms with Gasteiger partial charge in [-0.15, -0.1) is 0 Å². The number of halogens is 1. The first kappa shape index (κ1) is 17.0. The van der Waals surface area contributed by atoms with Crippen molar-refractivity contribution in [2.75, 3.05) is 18.5 Å². The van der Waals surface area contributed by atoms with Gasteiger partial charge in [-0.3, -0.25) is 14.8 Å². The fourth-order valence-corrected chi connectivity index (χ4v) is 3.56. The summed E-state index contributed by atoms with van der Waals surface area (Å²) in [6.45, 7) is 1.96. The summed E-state index contributed by atoms with van der Waals surface area (Å²) in [6.07, 6.45) is 5.34. The van der Waals surface area contributed by atoms with Crippen LogP contribution in [-0.4, -0.2) is 32.6 Å². The SMILES string of the molecule is Cn1c(=O)c(-c2ccccc2Cl)cc2cnc(NN3CCCCC3)nc21. The predicted molar refractivity (Wildman–Crippen MR) is 104 cm³/mol. The van der Waals surface area contributed by atoms with Crippen molar-refractivity contribution in [2.24, 2.45) is 7.05 Å². The van der Waals surface area contributed by atoms with E-state index in [4.69, 9.17) is 11.6 Å². The lowest BCUT2D eigenvalue weighted by Gasteiger charge is -2.26. The van der Waals surface area contributed by atoms with Crippen molar-refractivity contribution in [2.45, 2.75) is 19.3 Å². The number of nitrogens with zero attached hydrogens (tertiary/aromatic N) is 4. The van der Waals surface area contributed by atoms with Crippen LogP contribution in [0.4, 0.5) is 5.95 Å². The number of nitrogens with one attached hydrogen (secondary N) is 1. The Morgan fingerprint density at radius 2 is 1.88 bits per heavy atom. The van der Waals surface area contributed by atoms with E-state index < -0.39 is 0 Å². The fourth-order valence-electron chi connectivity index (χ4n) is 3.32. The lowest BCUT2D eigenvalue weighted by Crippen LogP contribution is -2.35. The number of hydrogen-bond acceptors (Lipinski definition) is 5. The van der Waals surface area contributed by atoms with Crippen molar-refractivity contribution < 1.29 is 0 Å². The molecule has 7 heteroatoms. The normalized spacial score (nSPS) is 15.3. The van der Waals surface area contributed by atoms with Gasteiger partial charge in [-0.05, 0) is 25.0 Å². The molecule has 1 N–H and O–H groups in total. The number of benzene rings is 1. The van der Waals surface area contributed by atoms with E-state index in [0.717, 1.165) is 18.5 Å². The monoisotopic (exact) mass is 369 g/mol. The zero-order chi connectivity index (χ0) is 18.1. The Labute approximate surface area is 156 Å². The molecule has 3 heterocycles. The van der Waals surface area contributed by atoms with Crippen LogP contribution in [0.1, 0.15) is 19.3 Å². The molecule has 1 aliphatic rings. The molecule has 0 unspecified atom stereocenters. The van der Waals surface area contributed by atoms with Gasteiger partial charge in [0.1, 0.15) is 5.65 Å². The van der Waals surface area contributed by atoms with Gasteiger partial charge in [-0.25, -0.2) is 9.99 Å². The van der Waals surface area contributed by atoms with Crippen LogP contribution in [0.3, 0.4) is 0 Å². The Morgan fingerprint density at radius 1 is 1.12 bits per heavy atom. The maximum atomic E-state index is 12.8. The lowest BCUT2D eigenvalue weighted by atomic mass is 10.1. The van der Waals surface area contributed by atoms with Crippen LogP contribution in [0.2, 0.25) is 5.02 Å². The molecule has 0 aliphatic carbocycles. The van der Waals surface area contributed by atoms with E-state index in [1.807, 2.05) is 24.3 Å². The number of pyridine rings is 1. The van der Waals surface area contributed by atoms with Gasteiger partial charge in [0.2, 0.25) is 5.95 Å². The molecule has 0 bridgehead atoms. The van der Waals surface area contributed by atoms with Crippen LogP contribution in [0.15, 0.2) is 41.3 Å². The summed E-state index contributed by atoms with van der Waals surface area (Å²) < 4.78 is 1.55. The summed E-state index contributed by atoms with van der Waals surface area (Å²) in [4.78, 5) is 21.8. The van der Waals surface area contributed by atoms with E-state index in [-0.39, 0.29) is 5.56 Å². The third-order valence-corrected chi connectivity index (χ3v) is 5.06. The number of hydrazine groups is 1. The number of anilines is 1.